The third-order valence-electron chi connectivity index (χ3n) is 4.48. The van der Waals surface area contributed by atoms with Gasteiger partial charge in [-0.3, -0.25) is 4.90 Å². The molecule has 0 aromatic heterocycles. The fourth-order valence-electron chi connectivity index (χ4n) is 3.33. The molecule has 114 valence electrons. The third kappa shape index (κ3) is 4.08. The van der Waals surface area contributed by atoms with Crippen molar-refractivity contribution in [2.45, 2.75) is 31.7 Å². The number of rotatable bonds is 6. The average Bonchev–Trinajstić information content (AvgIpc) is 3.11. The maximum Gasteiger partial charge on any atom is 0.0351 e. The Labute approximate surface area is 134 Å². The first kappa shape index (κ1) is 15.1. The molecule has 2 aromatic rings. The van der Waals surface area contributed by atoms with Crippen LogP contribution >= 0.6 is 0 Å². The summed E-state index contributed by atoms with van der Waals surface area (Å²) in [7, 11) is 0. The molecule has 2 aromatic carbocycles. The van der Waals surface area contributed by atoms with Crippen molar-refractivity contribution in [1.82, 2.24) is 4.90 Å². The molecule has 0 saturated carbocycles. The van der Waals surface area contributed by atoms with Crippen LogP contribution < -0.4 is 0 Å². The van der Waals surface area contributed by atoms with Gasteiger partial charge in [-0.05, 0) is 49.9 Å². The highest BCUT2D eigenvalue weighted by atomic mass is 15.2. The van der Waals surface area contributed by atoms with Crippen LogP contribution in [0.4, 0.5) is 0 Å². The van der Waals surface area contributed by atoms with Gasteiger partial charge >= 0.3 is 0 Å². The van der Waals surface area contributed by atoms with Crippen LogP contribution in [-0.2, 0) is 0 Å². The molecule has 1 aliphatic rings. The van der Waals surface area contributed by atoms with Crippen LogP contribution in [0.5, 0.6) is 0 Å². The molecule has 22 heavy (non-hydrogen) atoms. The first-order valence-corrected chi connectivity index (χ1v) is 8.44. The minimum Gasteiger partial charge on any atom is -0.296 e. The van der Waals surface area contributed by atoms with Crippen molar-refractivity contribution in [1.29, 1.82) is 0 Å². The van der Waals surface area contributed by atoms with Gasteiger partial charge in [0.1, 0.15) is 0 Å². The van der Waals surface area contributed by atoms with Gasteiger partial charge in [0.25, 0.3) is 0 Å². The Balaban J connectivity index is 1.62. The molecule has 1 nitrogen and oxygen atoms in total. The lowest BCUT2D eigenvalue weighted by Crippen LogP contribution is -2.25. The smallest absolute Gasteiger partial charge is 0.0351 e. The van der Waals surface area contributed by atoms with Crippen molar-refractivity contribution in [2.24, 2.45) is 0 Å². The van der Waals surface area contributed by atoms with Crippen LogP contribution in [0.2, 0.25) is 0 Å². The molecule has 0 bridgehead atoms. The molecule has 0 amide bonds. The topological polar surface area (TPSA) is 3.24 Å². The highest BCUT2D eigenvalue weighted by Crippen LogP contribution is 2.29. The van der Waals surface area contributed by atoms with Gasteiger partial charge in [-0.1, -0.05) is 72.8 Å². The molecule has 1 aliphatic heterocycles. The van der Waals surface area contributed by atoms with Crippen molar-refractivity contribution < 1.29 is 0 Å². The van der Waals surface area contributed by atoms with Crippen molar-refractivity contribution in [3.05, 3.63) is 77.9 Å². The predicted molar refractivity (Wildman–Crippen MR) is 94.7 cm³/mol. The van der Waals surface area contributed by atoms with Crippen LogP contribution in [0.25, 0.3) is 6.08 Å². The molecule has 0 N–H and O–H groups in total. The summed E-state index contributed by atoms with van der Waals surface area (Å²) in [6.07, 6.45) is 9.60. The number of benzene rings is 2. The van der Waals surface area contributed by atoms with E-state index in [0.29, 0.717) is 6.04 Å². The summed E-state index contributed by atoms with van der Waals surface area (Å²) in [6, 6.07) is 22.1. The molecular formula is C21H25N. The predicted octanol–water partition coefficient (Wildman–Crippen LogP) is 5.32. The SMILES string of the molecule is C(=C\c1ccccc1)/CCC(c1ccccc1)N1CCCC1. The van der Waals surface area contributed by atoms with E-state index in [1.807, 2.05) is 0 Å². The van der Waals surface area contributed by atoms with E-state index in [4.69, 9.17) is 0 Å². The molecule has 1 heterocycles. The molecule has 1 saturated heterocycles. The lowest BCUT2D eigenvalue weighted by molar-refractivity contribution is 0.234. The zero-order valence-electron chi connectivity index (χ0n) is 13.2. The van der Waals surface area contributed by atoms with Gasteiger partial charge in [-0.25, -0.2) is 0 Å². The van der Waals surface area contributed by atoms with Crippen molar-refractivity contribution in [3.8, 4) is 0 Å². The highest BCUT2D eigenvalue weighted by molar-refractivity contribution is 5.48. The van der Waals surface area contributed by atoms with Gasteiger partial charge in [0, 0.05) is 6.04 Å². The zero-order valence-corrected chi connectivity index (χ0v) is 13.2. The van der Waals surface area contributed by atoms with Crippen LogP contribution in [0, 0.1) is 0 Å². The fourth-order valence-corrected chi connectivity index (χ4v) is 3.33. The maximum absolute atomic E-state index is 2.66. The van der Waals surface area contributed by atoms with E-state index in [2.05, 4.69) is 77.7 Å². The van der Waals surface area contributed by atoms with Crippen LogP contribution in [0.3, 0.4) is 0 Å². The van der Waals surface area contributed by atoms with Gasteiger partial charge < -0.3 is 0 Å². The van der Waals surface area contributed by atoms with Gasteiger partial charge in [0.05, 0.1) is 0 Å². The fraction of sp³-hybridized carbons (Fsp3) is 0.333. The van der Waals surface area contributed by atoms with Crippen LogP contribution in [-0.4, -0.2) is 18.0 Å². The Morgan fingerprint density at radius 1 is 0.864 bits per heavy atom. The second kappa shape index (κ2) is 7.95. The summed E-state index contributed by atoms with van der Waals surface area (Å²) in [6.45, 7) is 2.50. The summed E-state index contributed by atoms with van der Waals surface area (Å²) < 4.78 is 0. The van der Waals surface area contributed by atoms with E-state index < -0.39 is 0 Å². The van der Waals surface area contributed by atoms with Gasteiger partial charge in [-0.2, -0.15) is 0 Å². The van der Waals surface area contributed by atoms with E-state index in [9.17, 15) is 0 Å². The molecule has 1 heteroatoms. The molecule has 1 atom stereocenters. The lowest BCUT2D eigenvalue weighted by atomic mass is 10.00. The Morgan fingerprint density at radius 2 is 1.50 bits per heavy atom. The number of hydrogen-bond acceptors (Lipinski definition) is 1. The van der Waals surface area contributed by atoms with E-state index in [-0.39, 0.29) is 0 Å². The maximum atomic E-state index is 2.66. The second-order valence-electron chi connectivity index (χ2n) is 6.06. The Hall–Kier alpha value is -1.86. The monoisotopic (exact) mass is 291 g/mol. The molecule has 0 spiro atoms. The van der Waals surface area contributed by atoms with Crippen molar-refractivity contribution in [2.75, 3.05) is 13.1 Å². The molecular weight excluding hydrogens is 266 g/mol. The average molecular weight is 291 g/mol. The normalized spacial score (nSPS) is 17.1. The number of allylic oxidation sites excluding steroid dienone is 1. The number of nitrogens with zero attached hydrogens (tertiary/aromatic N) is 1. The second-order valence-corrected chi connectivity index (χ2v) is 6.06. The Bertz CT molecular complexity index is 567. The van der Waals surface area contributed by atoms with Gasteiger partial charge in [0.2, 0.25) is 0 Å². The number of hydrogen-bond donors (Lipinski definition) is 0. The van der Waals surface area contributed by atoms with E-state index in [0.717, 1.165) is 6.42 Å². The minimum atomic E-state index is 0.573. The first-order valence-electron chi connectivity index (χ1n) is 8.44. The summed E-state index contributed by atoms with van der Waals surface area (Å²) >= 11 is 0. The van der Waals surface area contributed by atoms with Gasteiger partial charge in [0.15, 0.2) is 0 Å². The van der Waals surface area contributed by atoms with Gasteiger partial charge in [-0.15, -0.1) is 0 Å². The molecule has 1 fully saturated rings. The molecule has 0 radical (unpaired) electrons. The summed E-state index contributed by atoms with van der Waals surface area (Å²) in [4.78, 5) is 2.66. The highest BCUT2D eigenvalue weighted by Gasteiger charge is 2.22. The molecule has 0 aliphatic carbocycles. The van der Waals surface area contributed by atoms with Crippen LogP contribution in [0.15, 0.2) is 66.7 Å². The summed E-state index contributed by atoms with van der Waals surface area (Å²) in [5.74, 6) is 0. The van der Waals surface area contributed by atoms with E-state index in [1.54, 1.807) is 0 Å². The molecule has 3 rings (SSSR count). The van der Waals surface area contributed by atoms with Crippen molar-refractivity contribution in [3.63, 3.8) is 0 Å². The first-order chi connectivity index (χ1) is 10.9. The lowest BCUT2D eigenvalue weighted by Gasteiger charge is -2.27. The van der Waals surface area contributed by atoms with Crippen molar-refractivity contribution >= 4 is 6.08 Å². The Morgan fingerprint density at radius 3 is 2.18 bits per heavy atom. The molecule has 1 unspecified atom stereocenters. The van der Waals surface area contributed by atoms with E-state index in [1.165, 1.54) is 43.5 Å². The zero-order chi connectivity index (χ0) is 15.0. The third-order valence-corrected chi connectivity index (χ3v) is 4.48. The Kier molecular flexibility index (Phi) is 5.44. The number of likely N-dealkylation sites (tertiary alicyclic amines) is 1. The largest absolute Gasteiger partial charge is 0.296 e. The summed E-state index contributed by atoms with van der Waals surface area (Å²) in [5, 5.41) is 0. The van der Waals surface area contributed by atoms with Crippen LogP contribution in [0.1, 0.15) is 42.9 Å². The quantitative estimate of drug-likeness (QED) is 0.696. The van der Waals surface area contributed by atoms with E-state index >= 15 is 0 Å². The standard InChI is InChI=1S/C21H25N/c1-3-11-19(12-4-1)13-7-8-16-21(22-17-9-10-18-22)20-14-5-2-6-15-20/h1-7,11-15,21H,8-10,16-18H2/b13-7+. The minimum absolute atomic E-state index is 0.573. The summed E-state index contributed by atoms with van der Waals surface area (Å²) in [5.41, 5.74) is 2.76.